The van der Waals surface area contributed by atoms with Crippen molar-refractivity contribution in [1.82, 2.24) is 5.32 Å². The van der Waals surface area contributed by atoms with Gasteiger partial charge in [-0.15, -0.1) is 0 Å². The van der Waals surface area contributed by atoms with E-state index >= 15 is 0 Å². The molecule has 2 atom stereocenters. The van der Waals surface area contributed by atoms with Crippen molar-refractivity contribution < 1.29 is 14.7 Å². The van der Waals surface area contributed by atoms with Crippen LogP contribution < -0.4 is 5.32 Å². The first-order valence-electron chi connectivity index (χ1n) is 6.28. The number of aliphatic carboxylic acids is 1. The van der Waals surface area contributed by atoms with Crippen LogP contribution in [0.25, 0.3) is 0 Å². The van der Waals surface area contributed by atoms with Gasteiger partial charge in [-0.3, -0.25) is 9.59 Å². The molecule has 0 rings (SSSR count). The van der Waals surface area contributed by atoms with E-state index in [9.17, 15) is 14.7 Å². The summed E-state index contributed by atoms with van der Waals surface area (Å²) in [5.41, 5.74) is -0.380. The lowest BCUT2D eigenvalue weighted by atomic mass is 9.70. The van der Waals surface area contributed by atoms with Crippen LogP contribution in [-0.4, -0.2) is 23.5 Å². The number of nitrogens with one attached hydrogen (secondary N) is 1. The van der Waals surface area contributed by atoms with E-state index in [1.54, 1.807) is 6.92 Å². The fourth-order valence-electron chi connectivity index (χ4n) is 2.01. The summed E-state index contributed by atoms with van der Waals surface area (Å²) in [5.74, 6) is -2.21. The topological polar surface area (TPSA) is 66.4 Å². The Morgan fingerprint density at radius 2 is 1.82 bits per heavy atom. The molecule has 0 aliphatic heterocycles. The third kappa shape index (κ3) is 4.36. The molecule has 0 spiro atoms. The molecule has 0 aliphatic rings. The van der Waals surface area contributed by atoms with Crippen LogP contribution in [0.15, 0.2) is 0 Å². The van der Waals surface area contributed by atoms with E-state index in [1.165, 1.54) is 0 Å². The van der Waals surface area contributed by atoms with Crippen LogP contribution in [0.3, 0.4) is 0 Å². The Kier molecular flexibility index (Phi) is 6.21. The van der Waals surface area contributed by atoms with Crippen LogP contribution in [-0.2, 0) is 9.59 Å². The summed E-state index contributed by atoms with van der Waals surface area (Å²) in [6.07, 6.45) is 1.59. The van der Waals surface area contributed by atoms with Gasteiger partial charge in [-0.25, -0.2) is 0 Å². The van der Waals surface area contributed by atoms with Crippen LogP contribution in [0.5, 0.6) is 0 Å². The standard InChI is InChI=1S/C13H25NO3/c1-6-8-14-11(15)9(3)10(12(16)17)13(4,5)7-2/h9-10H,6-8H2,1-5H3,(H,14,15)(H,16,17). The van der Waals surface area contributed by atoms with Crippen LogP contribution in [0.2, 0.25) is 0 Å². The molecule has 0 radical (unpaired) electrons. The first-order chi connectivity index (χ1) is 7.77. The predicted molar refractivity (Wildman–Crippen MR) is 67.7 cm³/mol. The fraction of sp³-hybridized carbons (Fsp3) is 0.846. The molecule has 17 heavy (non-hydrogen) atoms. The zero-order valence-corrected chi connectivity index (χ0v) is 11.5. The third-order valence-electron chi connectivity index (χ3n) is 3.48. The van der Waals surface area contributed by atoms with E-state index in [0.29, 0.717) is 6.54 Å². The van der Waals surface area contributed by atoms with Gasteiger partial charge in [0.25, 0.3) is 0 Å². The lowest BCUT2D eigenvalue weighted by Crippen LogP contribution is -2.43. The minimum absolute atomic E-state index is 0.166. The Balaban J connectivity index is 4.84. The maximum absolute atomic E-state index is 11.8. The van der Waals surface area contributed by atoms with Crippen molar-refractivity contribution in [3.8, 4) is 0 Å². The van der Waals surface area contributed by atoms with Crippen LogP contribution in [0.1, 0.15) is 47.5 Å². The summed E-state index contributed by atoms with van der Waals surface area (Å²) >= 11 is 0. The van der Waals surface area contributed by atoms with Crippen molar-refractivity contribution in [1.29, 1.82) is 0 Å². The van der Waals surface area contributed by atoms with Crippen LogP contribution in [0.4, 0.5) is 0 Å². The van der Waals surface area contributed by atoms with Gasteiger partial charge in [-0.2, -0.15) is 0 Å². The summed E-state index contributed by atoms with van der Waals surface area (Å²) in [7, 11) is 0. The second-order valence-corrected chi connectivity index (χ2v) is 5.24. The Bertz CT molecular complexity index is 274. The summed E-state index contributed by atoms with van der Waals surface area (Å²) in [5, 5.41) is 12.1. The molecule has 0 aromatic heterocycles. The molecule has 0 saturated heterocycles. The summed E-state index contributed by atoms with van der Waals surface area (Å²) in [4.78, 5) is 23.2. The highest BCUT2D eigenvalue weighted by molar-refractivity contribution is 5.84. The highest BCUT2D eigenvalue weighted by Crippen LogP contribution is 2.36. The number of carbonyl (C=O) groups is 2. The molecule has 1 amide bonds. The maximum atomic E-state index is 11.8. The van der Waals surface area contributed by atoms with Gasteiger partial charge in [0.1, 0.15) is 0 Å². The minimum atomic E-state index is -0.893. The van der Waals surface area contributed by atoms with E-state index in [2.05, 4.69) is 5.32 Å². The van der Waals surface area contributed by atoms with Gasteiger partial charge in [0.05, 0.1) is 5.92 Å². The van der Waals surface area contributed by atoms with E-state index < -0.39 is 17.8 Å². The molecular formula is C13H25NO3. The van der Waals surface area contributed by atoms with Crippen LogP contribution in [0, 0.1) is 17.3 Å². The summed E-state index contributed by atoms with van der Waals surface area (Å²) in [6.45, 7) is 10.0. The van der Waals surface area contributed by atoms with Crippen molar-refractivity contribution in [2.75, 3.05) is 6.54 Å². The number of carboxylic acid groups (broad SMARTS) is 1. The molecule has 0 heterocycles. The van der Waals surface area contributed by atoms with Crippen molar-refractivity contribution in [2.24, 2.45) is 17.3 Å². The largest absolute Gasteiger partial charge is 0.481 e. The molecule has 100 valence electrons. The van der Waals surface area contributed by atoms with Crippen molar-refractivity contribution in [3.05, 3.63) is 0 Å². The van der Waals surface area contributed by atoms with Crippen molar-refractivity contribution >= 4 is 11.9 Å². The van der Waals surface area contributed by atoms with Gasteiger partial charge in [-0.1, -0.05) is 41.0 Å². The Morgan fingerprint density at radius 1 is 1.29 bits per heavy atom. The molecule has 0 aromatic rings. The number of carbonyl (C=O) groups excluding carboxylic acids is 1. The normalized spacial score (nSPS) is 15.1. The predicted octanol–water partition coefficient (Wildman–Crippen LogP) is 2.29. The highest BCUT2D eigenvalue weighted by atomic mass is 16.4. The molecule has 0 bridgehead atoms. The van der Waals surface area contributed by atoms with Crippen molar-refractivity contribution in [3.63, 3.8) is 0 Å². The SMILES string of the molecule is CCCNC(=O)C(C)C(C(=O)O)C(C)(C)CC. The minimum Gasteiger partial charge on any atom is -0.481 e. The van der Waals surface area contributed by atoms with Gasteiger partial charge < -0.3 is 10.4 Å². The van der Waals surface area contributed by atoms with Gasteiger partial charge in [0.15, 0.2) is 0 Å². The average Bonchev–Trinajstić information content (AvgIpc) is 2.24. The van der Waals surface area contributed by atoms with Crippen molar-refractivity contribution in [2.45, 2.75) is 47.5 Å². The smallest absolute Gasteiger partial charge is 0.307 e. The second kappa shape index (κ2) is 6.62. The zero-order valence-electron chi connectivity index (χ0n) is 11.5. The second-order valence-electron chi connectivity index (χ2n) is 5.24. The molecule has 4 heteroatoms. The Labute approximate surface area is 104 Å². The molecule has 2 N–H and O–H groups in total. The number of hydrogen-bond acceptors (Lipinski definition) is 2. The Hall–Kier alpha value is -1.06. The van der Waals surface area contributed by atoms with E-state index in [-0.39, 0.29) is 11.3 Å². The average molecular weight is 243 g/mol. The maximum Gasteiger partial charge on any atom is 0.307 e. The highest BCUT2D eigenvalue weighted by Gasteiger charge is 2.40. The Morgan fingerprint density at radius 3 is 2.18 bits per heavy atom. The molecule has 0 fully saturated rings. The first kappa shape index (κ1) is 15.9. The molecule has 0 aliphatic carbocycles. The van der Waals surface area contributed by atoms with Crippen LogP contribution >= 0.6 is 0 Å². The lowest BCUT2D eigenvalue weighted by molar-refractivity contribution is -0.152. The monoisotopic (exact) mass is 243 g/mol. The molecule has 0 saturated carbocycles. The van der Waals surface area contributed by atoms with Gasteiger partial charge >= 0.3 is 5.97 Å². The molecule has 4 nitrogen and oxygen atoms in total. The van der Waals surface area contributed by atoms with E-state index in [1.807, 2.05) is 27.7 Å². The van der Waals surface area contributed by atoms with E-state index in [4.69, 9.17) is 0 Å². The zero-order chi connectivity index (χ0) is 13.6. The fourth-order valence-corrected chi connectivity index (χ4v) is 2.01. The summed E-state index contributed by atoms with van der Waals surface area (Å²) in [6, 6.07) is 0. The lowest BCUT2D eigenvalue weighted by Gasteiger charge is -2.33. The van der Waals surface area contributed by atoms with Gasteiger partial charge in [0.2, 0.25) is 5.91 Å². The third-order valence-corrected chi connectivity index (χ3v) is 3.48. The van der Waals surface area contributed by atoms with E-state index in [0.717, 1.165) is 12.8 Å². The molecule has 2 unspecified atom stereocenters. The van der Waals surface area contributed by atoms with Gasteiger partial charge in [-0.05, 0) is 11.8 Å². The number of rotatable bonds is 7. The molecule has 0 aromatic carbocycles. The first-order valence-corrected chi connectivity index (χ1v) is 6.28. The van der Waals surface area contributed by atoms with Gasteiger partial charge in [0, 0.05) is 12.5 Å². The number of hydrogen-bond donors (Lipinski definition) is 2. The summed E-state index contributed by atoms with van der Waals surface area (Å²) < 4.78 is 0. The quantitative estimate of drug-likeness (QED) is 0.721. The molecular weight excluding hydrogens is 218 g/mol. The number of carboxylic acids is 1. The number of amides is 1.